The third-order valence-corrected chi connectivity index (χ3v) is 2.77. The van der Waals surface area contributed by atoms with Gasteiger partial charge in [0.1, 0.15) is 17.1 Å². The number of Topliss-reactive ketones (excluding diaryl/α,β-unsaturated/α-hetero) is 1. The van der Waals surface area contributed by atoms with Crippen LogP contribution in [-0.4, -0.2) is 20.5 Å². The molecule has 0 spiro atoms. The van der Waals surface area contributed by atoms with Crippen LogP contribution in [0.2, 0.25) is 0 Å². The van der Waals surface area contributed by atoms with Gasteiger partial charge in [-0.15, -0.1) is 11.3 Å². The summed E-state index contributed by atoms with van der Waals surface area (Å²) in [5.41, 5.74) is 3.98. The normalized spacial score (nSPS) is 9.65. The van der Waals surface area contributed by atoms with Gasteiger partial charge < -0.3 is 0 Å². The van der Waals surface area contributed by atoms with Gasteiger partial charge in [0.25, 0.3) is 0 Å². The highest BCUT2D eigenvalue weighted by Gasteiger charge is 2.13. The van der Waals surface area contributed by atoms with Crippen molar-refractivity contribution in [2.45, 2.75) is 27.2 Å². The van der Waals surface area contributed by atoms with Crippen LogP contribution in [0.15, 0.2) is 17.0 Å². The molecule has 5 heteroatoms. The number of rotatable bonds is 3. The maximum Gasteiger partial charge on any atom is 0.180 e. The SMILES string of the molecule is CC.CCC(=O)c1cc(-c2cscn2)nn1C. The molecule has 17 heavy (non-hydrogen) atoms. The average Bonchev–Trinajstić information content (AvgIpc) is 2.99. The fraction of sp³-hybridized carbons (Fsp3) is 0.417. The maximum atomic E-state index is 11.5. The average molecular weight is 251 g/mol. The number of nitrogens with zero attached hydrogens (tertiary/aromatic N) is 3. The van der Waals surface area contributed by atoms with Crippen molar-refractivity contribution in [3.63, 3.8) is 0 Å². The zero-order valence-electron chi connectivity index (χ0n) is 10.6. The van der Waals surface area contributed by atoms with Crippen LogP contribution in [0.3, 0.4) is 0 Å². The molecule has 0 bridgehead atoms. The molecular weight excluding hydrogens is 234 g/mol. The number of ketones is 1. The molecule has 0 aliphatic carbocycles. The number of hydrogen-bond acceptors (Lipinski definition) is 4. The van der Waals surface area contributed by atoms with Gasteiger partial charge in [-0.1, -0.05) is 20.8 Å². The lowest BCUT2D eigenvalue weighted by Gasteiger charge is -1.95. The predicted octanol–water partition coefficient (Wildman–Crippen LogP) is 3.16. The molecule has 2 aromatic rings. The van der Waals surface area contributed by atoms with Crippen LogP contribution < -0.4 is 0 Å². The van der Waals surface area contributed by atoms with Gasteiger partial charge in [-0.2, -0.15) is 5.10 Å². The first-order valence-corrected chi connectivity index (χ1v) is 6.62. The van der Waals surface area contributed by atoms with E-state index in [0.717, 1.165) is 11.4 Å². The van der Waals surface area contributed by atoms with Gasteiger partial charge in [-0.25, -0.2) is 4.98 Å². The monoisotopic (exact) mass is 251 g/mol. The number of hydrogen-bond donors (Lipinski definition) is 0. The molecule has 0 fully saturated rings. The van der Waals surface area contributed by atoms with Crippen LogP contribution in [0.1, 0.15) is 37.7 Å². The summed E-state index contributed by atoms with van der Waals surface area (Å²) < 4.78 is 1.61. The molecule has 92 valence electrons. The Morgan fingerprint density at radius 1 is 1.41 bits per heavy atom. The molecule has 2 heterocycles. The van der Waals surface area contributed by atoms with Crippen LogP contribution in [0.5, 0.6) is 0 Å². The summed E-state index contributed by atoms with van der Waals surface area (Å²) in [6.45, 7) is 5.85. The molecule has 4 nitrogen and oxygen atoms in total. The molecule has 0 aliphatic rings. The molecule has 0 radical (unpaired) electrons. The second-order valence-electron chi connectivity index (χ2n) is 3.19. The molecule has 0 aliphatic heterocycles. The number of carbonyl (C=O) groups excluding carboxylic acids is 1. The van der Waals surface area contributed by atoms with Gasteiger partial charge in [0.05, 0.1) is 5.51 Å². The molecular formula is C12H17N3OS. The Bertz CT molecular complexity index is 474. The van der Waals surface area contributed by atoms with Crippen molar-refractivity contribution in [3.8, 4) is 11.4 Å². The topological polar surface area (TPSA) is 47.8 Å². The summed E-state index contributed by atoms with van der Waals surface area (Å²) in [4.78, 5) is 15.7. The van der Waals surface area contributed by atoms with Crippen LogP contribution in [0.25, 0.3) is 11.4 Å². The van der Waals surface area contributed by atoms with Gasteiger partial charge >= 0.3 is 0 Å². The van der Waals surface area contributed by atoms with Crippen molar-refractivity contribution in [2.75, 3.05) is 0 Å². The third kappa shape index (κ3) is 3.00. The minimum atomic E-state index is 0.103. The van der Waals surface area contributed by atoms with E-state index in [1.165, 1.54) is 11.3 Å². The van der Waals surface area contributed by atoms with Crippen molar-refractivity contribution < 1.29 is 4.79 Å². The first-order valence-electron chi connectivity index (χ1n) is 5.68. The Labute approximate surface area is 105 Å². The molecule has 0 N–H and O–H groups in total. The van der Waals surface area contributed by atoms with Crippen molar-refractivity contribution >= 4 is 17.1 Å². The fourth-order valence-corrected chi connectivity index (χ4v) is 1.92. The fourth-order valence-electron chi connectivity index (χ4n) is 1.37. The summed E-state index contributed by atoms with van der Waals surface area (Å²) in [6, 6.07) is 1.79. The van der Waals surface area contributed by atoms with Gasteiger partial charge in [-0.05, 0) is 6.07 Å². The molecule has 2 rings (SSSR count). The van der Waals surface area contributed by atoms with E-state index in [1.807, 2.05) is 26.2 Å². The summed E-state index contributed by atoms with van der Waals surface area (Å²) in [5.74, 6) is 0.103. The van der Waals surface area contributed by atoms with Crippen LogP contribution in [-0.2, 0) is 7.05 Å². The maximum absolute atomic E-state index is 11.5. The van der Waals surface area contributed by atoms with Crippen LogP contribution >= 0.6 is 11.3 Å². The zero-order chi connectivity index (χ0) is 12.8. The lowest BCUT2D eigenvalue weighted by atomic mass is 10.2. The predicted molar refractivity (Wildman–Crippen MR) is 70.3 cm³/mol. The minimum absolute atomic E-state index is 0.103. The largest absolute Gasteiger partial charge is 0.292 e. The molecule has 0 saturated carbocycles. The van der Waals surface area contributed by atoms with E-state index in [0.29, 0.717) is 12.1 Å². The third-order valence-electron chi connectivity index (χ3n) is 2.18. The molecule has 0 aromatic carbocycles. The van der Waals surface area contributed by atoms with Gasteiger partial charge in [-0.3, -0.25) is 9.48 Å². The standard InChI is InChI=1S/C10H11N3OS.C2H6/c1-3-10(14)9-4-7(12-13(9)2)8-5-15-6-11-8;1-2/h4-6H,3H2,1-2H3;1-2H3. The molecule has 0 unspecified atom stereocenters. The van der Waals surface area contributed by atoms with Crippen molar-refractivity contribution in [1.82, 2.24) is 14.8 Å². The molecule has 0 saturated heterocycles. The van der Waals surface area contributed by atoms with Gasteiger partial charge in [0, 0.05) is 18.8 Å². The Balaban J connectivity index is 0.000000686. The van der Waals surface area contributed by atoms with Gasteiger partial charge in [0.2, 0.25) is 0 Å². The molecule has 0 amide bonds. The minimum Gasteiger partial charge on any atom is -0.292 e. The van der Waals surface area contributed by atoms with E-state index in [9.17, 15) is 4.79 Å². The van der Waals surface area contributed by atoms with Crippen molar-refractivity contribution in [2.24, 2.45) is 7.05 Å². The molecule has 0 atom stereocenters. The number of carbonyl (C=O) groups is 1. The summed E-state index contributed by atoms with van der Waals surface area (Å²) >= 11 is 1.52. The van der Waals surface area contributed by atoms with Crippen LogP contribution in [0, 0.1) is 0 Å². The van der Waals surface area contributed by atoms with E-state index >= 15 is 0 Å². The summed E-state index contributed by atoms with van der Waals surface area (Å²) in [6.07, 6.45) is 0.496. The van der Waals surface area contributed by atoms with Gasteiger partial charge in [0.15, 0.2) is 5.78 Å². The highest BCUT2D eigenvalue weighted by molar-refractivity contribution is 7.07. The lowest BCUT2D eigenvalue weighted by molar-refractivity contribution is 0.0979. The van der Waals surface area contributed by atoms with E-state index in [-0.39, 0.29) is 5.78 Å². The summed E-state index contributed by atoms with van der Waals surface area (Å²) in [5, 5.41) is 6.18. The van der Waals surface area contributed by atoms with E-state index < -0.39 is 0 Å². The number of aryl methyl sites for hydroxylation is 1. The first kappa shape index (κ1) is 13.6. The smallest absolute Gasteiger partial charge is 0.180 e. The highest BCUT2D eigenvalue weighted by atomic mass is 32.1. The van der Waals surface area contributed by atoms with Crippen molar-refractivity contribution in [1.29, 1.82) is 0 Å². The number of aromatic nitrogens is 3. The first-order chi connectivity index (χ1) is 8.22. The Morgan fingerprint density at radius 2 is 2.12 bits per heavy atom. The van der Waals surface area contributed by atoms with Crippen molar-refractivity contribution in [3.05, 3.63) is 22.7 Å². The van der Waals surface area contributed by atoms with E-state index in [2.05, 4.69) is 10.1 Å². The highest BCUT2D eigenvalue weighted by Crippen LogP contribution is 2.18. The summed E-state index contributed by atoms with van der Waals surface area (Å²) in [7, 11) is 1.78. The van der Waals surface area contributed by atoms with Crippen LogP contribution in [0.4, 0.5) is 0 Å². The Hall–Kier alpha value is -1.49. The Kier molecular flexibility index (Phi) is 5.03. The quantitative estimate of drug-likeness (QED) is 0.787. The second kappa shape index (κ2) is 6.30. The Morgan fingerprint density at radius 3 is 2.65 bits per heavy atom. The number of thiazole rings is 1. The zero-order valence-corrected chi connectivity index (χ0v) is 11.4. The van der Waals surface area contributed by atoms with E-state index in [1.54, 1.807) is 23.3 Å². The molecule has 2 aromatic heterocycles. The van der Waals surface area contributed by atoms with E-state index in [4.69, 9.17) is 0 Å². The second-order valence-corrected chi connectivity index (χ2v) is 3.91. The lowest BCUT2D eigenvalue weighted by Crippen LogP contribution is -2.04.